The van der Waals surface area contributed by atoms with Crippen LogP contribution in [0.2, 0.25) is 10.0 Å². The van der Waals surface area contributed by atoms with E-state index in [1.807, 2.05) is 12.1 Å². The van der Waals surface area contributed by atoms with E-state index in [1.165, 1.54) is 29.7 Å². The van der Waals surface area contributed by atoms with E-state index in [4.69, 9.17) is 39.5 Å². The number of rotatable bonds is 4. The van der Waals surface area contributed by atoms with Crippen molar-refractivity contribution < 1.29 is 0 Å². The molecule has 9 heteroatoms. The van der Waals surface area contributed by atoms with Crippen molar-refractivity contribution in [1.82, 2.24) is 9.97 Å². The highest BCUT2D eigenvalue weighted by atomic mass is 35.5. The van der Waals surface area contributed by atoms with Crippen LogP contribution in [0.5, 0.6) is 0 Å². The summed E-state index contributed by atoms with van der Waals surface area (Å²) >= 11 is 13.9. The number of benzene rings is 1. The second-order valence-corrected chi connectivity index (χ2v) is 7.46. The fourth-order valence-corrected chi connectivity index (χ4v) is 4.28. The molecule has 0 fully saturated rings. The molecule has 0 radical (unpaired) electrons. The third kappa shape index (κ3) is 4.39. The molecule has 3 N–H and O–H groups in total. The Morgan fingerprint density at radius 1 is 1.17 bits per heavy atom. The third-order valence-electron chi connectivity index (χ3n) is 3.71. The molecule has 0 bridgehead atoms. The number of hydrogen-bond acceptors (Lipinski definition) is 7. The number of nitrogens with two attached hydrogens (primary N) is 1. The molecule has 0 spiro atoms. The van der Waals surface area contributed by atoms with Crippen LogP contribution in [0, 0.1) is 22.7 Å². The van der Waals surface area contributed by atoms with Gasteiger partial charge in [-0.1, -0.05) is 35.9 Å². The number of hydrogen-bond donors (Lipinski definition) is 2. The zero-order valence-corrected chi connectivity index (χ0v) is 17.1. The number of nitriles is 2. The van der Waals surface area contributed by atoms with Gasteiger partial charge < -0.3 is 11.1 Å². The monoisotopic (exact) mass is 438 g/mol. The molecule has 1 aromatic carbocycles. The first-order chi connectivity index (χ1) is 14.0. The fourth-order valence-electron chi connectivity index (χ4n) is 2.46. The minimum absolute atomic E-state index is 0.297. The van der Waals surface area contributed by atoms with Gasteiger partial charge in [0.25, 0.3) is 0 Å². The number of nitrogens with zero attached hydrogens (tertiary/aromatic N) is 4. The summed E-state index contributed by atoms with van der Waals surface area (Å²) < 4.78 is 0.626. The number of aromatic nitrogens is 2. The fraction of sp³-hybridized carbons (Fsp3) is 0. The molecule has 2 heterocycles. The second kappa shape index (κ2) is 8.76. The lowest BCUT2D eigenvalue weighted by molar-refractivity contribution is 1.27. The quantitative estimate of drug-likeness (QED) is 0.645. The molecule has 3 aromatic rings. The first-order valence-corrected chi connectivity index (χ1v) is 9.66. The number of halogens is 2. The van der Waals surface area contributed by atoms with Crippen LogP contribution >= 0.6 is 34.5 Å². The first kappa shape index (κ1) is 20.4. The van der Waals surface area contributed by atoms with Crippen LogP contribution in [0.4, 0.5) is 5.82 Å². The molecule has 0 aliphatic heterocycles. The Bertz CT molecular complexity index is 1290. The molecule has 3 rings (SSSR count). The molecule has 29 heavy (non-hydrogen) atoms. The molecule has 0 atom stereocenters. The van der Waals surface area contributed by atoms with Gasteiger partial charge in [-0.25, -0.2) is 9.97 Å². The standard InChI is InChI=1S/C20H12Cl2N6S/c1-2-3-15-18(19(25)28-16-8-11(9-23)4-5-26-16)29-20(27-15)17-13(21)6-12(10-24)7-14(17)22/h2-8H,1,25H2,(H,26,28)/b15-3+,19-18-. The minimum Gasteiger partial charge on any atom is -0.384 e. The van der Waals surface area contributed by atoms with Crippen molar-refractivity contribution in [3.05, 3.63) is 74.2 Å². The van der Waals surface area contributed by atoms with Gasteiger partial charge in [0.05, 0.1) is 43.2 Å². The minimum atomic E-state index is 0.297. The molecular formula is C20H12Cl2N6S. The van der Waals surface area contributed by atoms with Crippen molar-refractivity contribution in [3.8, 4) is 22.7 Å². The number of allylic oxidation sites excluding steroid dienone is 1. The number of anilines is 1. The normalized spacial score (nSPS) is 12.1. The summed E-state index contributed by atoms with van der Waals surface area (Å²) in [5.74, 6) is 0.723. The van der Waals surface area contributed by atoms with Gasteiger partial charge in [0.2, 0.25) is 0 Å². The third-order valence-corrected chi connectivity index (χ3v) is 5.43. The average molecular weight is 439 g/mol. The second-order valence-electron chi connectivity index (χ2n) is 5.64. The summed E-state index contributed by atoms with van der Waals surface area (Å²) in [6.45, 7) is 3.70. The molecular weight excluding hydrogens is 427 g/mol. The summed E-state index contributed by atoms with van der Waals surface area (Å²) in [5, 5.41) is 22.8. The lowest BCUT2D eigenvalue weighted by Gasteiger charge is -2.05. The Kier molecular flexibility index (Phi) is 6.16. The van der Waals surface area contributed by atoms with E-state index in [0.29, 0.717) is 53.3 Å². The van der Waals surface area contributed by atoms with Crippen LogP contribution < -0.4 is 20.9 Å². The highest BCUT2D eigenvalue weighted by molar-refractivity contribution is 7.13. The van der Waals surface area contributed by atoms with Crippen molar-refractivity contribution in [2.75, 3.05) is 5.32 Å². The highest BCUT2D eigenvalue weighted by Crippen LogP contribution is 2.35. The number of nitrogens with one attached hydrogen (secondary N) is 1. The number of thiazole rings is 1. The molecule has 6 nitrogen and oxygen atoms in total. The molecule has 0 saturated heterocycles. The van der Waals surface area contributed by atoms with Gasteiger partial charge in [-0.15, -0.1) is 11.3 Å². The Morgan fingerprint density at radius 3 is 2.48 bits per heavy atom. The van der Waals surface area contributed by atoms with E-state index in [9.17, 15) is 0 Å². The predicted octanol–water partition coefficient (Wildman–Crippen LogP) is 3.36. The average Bonchev–Trinajstić information content (AvgIpc) is 3.11. The summed E-state index contributed by atoms with van der Waals surface area (Å²) in [5.41, 5.74) is 7.58. The maximum Gasteiger partial charge on any atom is 0.132 e. The summed E-state index contributed by atoms with van der Waals surface area (Å²) in [4.78, 5) is 8.73. The summed E-state index contributed by atoms with van der Waals surface area (Å²) in [7, 11) is 0. The van der Waals surface area contributed by atoms with Gasteiger partial charge >= 0.3 is 0 Å². The van der Waals surface area contributed by atoms with Gasteiger partial charge in [-0.05, 0) is 30.3 Å². The van der Waals surface area contributed by atoms with E-state index in [0.717, 1.165) is 0 Å². The molecule has 2 aromatic heterocycles. The van der Waals surface area contributed by atoms with Crippen LogP contribution in [-0.4, -0.2) is 9.97 Å². The van der Waals surface area contributed by atoms with E-state index in [-0.39, 0.29) is 0 Å². The Morgan fingerprint density at radius 2 is 1.86 bits per heavy atom. The summed E-state index contributed by atoms with van der Waals surface area (Å²) in [6, 6.07) is 10.3. The van der Waals surface area contributed by atoms with Crippen molar-refractivity contribution in [3.63, 3.8) is 0 Å². The topological polar surface area (TPSA) is 111 Å². The van der Waals surface area contributed by atoms with Crippen LogP contribution in [0.3, 0.4) is 0 Å². The molecule has 142 valence electrons. The van der Waals surface area contributed by atoms with Crippen molar-refractivity contribution in [2.45, 2.75) is 0 Å². The Balaban J connectivity index is 2.17. The van der Waals surface area contributed by atoms with E-state index in [1.54, 1.807) is 24.3 Å². The molecule has 0 aliphatic carbocycles. The zero-order valence-electron chi connectivity index (χ0n) is 14.8. The van der Waals surface area contributed by atoms with E-state index >= 15 is 0 Å². The van der Waals surface area contributed by atoms with Crippen molar-refractivity contribution >= 4 is 52.3 Å². The van der Waals surface area contributed by atoms with Gasteiger partial charge in [0.15, 0.2) is 0 Å². The highest BCUT2D eigenvalue weighted by Gasteiger charge is 2.15. The van der Waals surface area contributed by atoms with Gasteiger partial charge in [0, 0.05) is 11.8 Å². The lowest BCUT2D eigenvalue weighted by atomic mass is 10.1. The van der Waals surface area contributed by atoms with Gasteiger partial charge in [-0.2, -0.15) is 10.5 Å². The predicted molar refractivity (Wildman–Crippen MR) is 116 cm³/mol. The lowest BCUT2D eigenvalue weighted by Crippen LogP contribution is -2.29. The Hall–Kier alpha value is -3.36. The van der Waals surface area contributed by atoms with Gasteiger partial charge in [0.1, 0.15) is 16.6 Å². The zero-order chi connectivity index (χ0) is 21.0. The van der Waals surface area contributed by atoms with Crippen LogP contribution in [0.1, 0.15) is 11.1 Å². The van der Waals surface area contributed by atoms with Crippen LogP contribution in [0.25, 0.3) is 22.5 Å². The molecule has 0 amide bonds. The van der Waals surface area contributed by atoms with E-state index < -0.39 is 0 Å². The van der Waals surface area contributed by atoms with E-state index in [2.05, 4.69) is 21.9 Å². The molecule has 0 aliphatic rings. The Labute approximate surface area is 180 Å². The van der Waals surface area contributed by atoms with Crippen molar-refractivity contribution in [2.24, 2.45) is 5.73 Å². The largest absolute Gasteiger partial charge is 0.384 e. The molecule has 0 saturated carbocycles. The molecule has 0 unspecified atom stereocenters. The van der Waals surface area contributed by atoms with Gasteiger partial charge in [-0.3, -0.25) is 0 Å². The summed E-state index contributed by atoms with van der Waals surface area (Å²) in [6.07, 6.45) is 4.81. The smallest absolute Gasteiger partial charge is 0.132 e. The number of pyridine rings is 1. The maximum absolute atomic E-state index is 9.07. The first-order valence-electron chi connectivity index (χ1n) is 8.09. The maximum atomic E-state index is 9.07. The van der Waals surface area contributed by atoms with Crippen LogP contribution in [0.15, 0.2) is 43.1 Å². The van der Waals surface area contributed by atoms with Crippen molar-refractivity contribution in [1.29, 1.82) is 10.5 Å². The SMILES string of the molecule is C=C/C=c1/nc(-c2c(Cl)cc(C#N)cc2Cl)s/c1=C(/N)Nc1cc(C#N)ccn1. The van der Waals surface area contributed by atoms with Crippen LogP contribution in [-0.2, 0) is 0 Å².